The number of amides is 2. The maximum atomic E-state index is 13.1. The molecule has 1 fully saturated rings. The van der Waals surface area contributed by atoms with Crippen LogP contribution in [0.4, 0.5) is 18.9 Å². The Bertz CT molecular complexity index is 948. The zero-order chi connectivity index (χ0) is 23.3. The van der Waals surface area contributed by atoms with E-state index < -0.39 is 17.6 Å². The van der Waals surface area contributed by atoms with Crippen molar-refractivity contribution in [2.75, 3.05) is 38.0 Å². The van der Waals surface area contributed by atoms with Gasteiger partial charge in [-0.05, 0) is 43.3 Å². The Morgan fingerprint density at radius 1 is 1.06 bits per heavy atom. The van der Waals surface area contributed by atoms with Gasteiger partial charge in [0.1, 0.15) is 0 Å². The summed E-state index contributed by atoms with van der Waals surface area (Å²) in [5, 5.41) is 2.72. The summed E-state index contributed by atoms with van der Waals surface area (Å²) in [7, 11) is 0. The van der Waals surface area contributed by atoms with Crippen LogP contribution in [0.3, 0.4) is 0 Å². The second kappa shape index (κ2) is 10.6. The van der Waals surface area contributed by atoms with Gasteiger partial charge in [0.25, 0.3) is 0 Å². The van der Waals surface area contributed by atoms with Crippen molar-refractivity contribution < 1.29 is 22.8 Å². The Balaban J connectivity index is 1.48. The molecule has 1 atom stereocenters. The van der Waals surface area contributed by atoms with Gasteiger partial charge in [0.15, 0.2) is 0 Å². The summed E-state index contributed by atoms with van der Waals surface area (Å²) in [5.41, 5.74) is -1.14. The molecule has 2 aromatic rings. The molecular weight excluding hydrogens is 463 g/mol. The molecule has 0 aromatic heterocycles. The van der Waals surface area contributed by atoms with Crippen LogP contribution >= 0.6 is 23.4 Å². The van der Waals surface area contributed by atoms with Gasteiger partial charge < -0.3 is 10.2 Å². The van der Waals surface area contributed by atoms with E-state index in [1.165, 1.54) is 30.0 Å². The van der Waals surface area contributed by atoms with Crippen molar-refractivity contribution in [1.29, 1.82) is 0 Å². The average molecular weight is 486 g/mol. The first kappa shape index (κ1) is 24.4. The molecule has 1 N–H and O–H groups in total. The van der Waals surface area contributed by atoms with Gasteiger partial charge in [0.05, 0.1) is 23.0 Å². The minimum atomic E-state index is -4.55. The second-order valence-corrected chi connectivity index (χ2v) is 9.26. The predicted octanol–water partition coefficient (Wildman–Crippen LogP) is 4.62. The normalized spacial score (nSPS) is 16.0. The standard InChI is InChI=1S/C22H23ClF3N3O2S/c1-15(32-17-8-6-16(23)7-9-17)21(31)29-12-10-28(11-13-29)14-20(30)27-19-5-3-2-4-18(19)22(24,25)26/h2-9,15H,10-14H2,1H3,(H,27,30). The number of rotatable bonds is 6. The molecule has 1 saturated heterocycles. The SMILES string of the molecule is CC(Sc1ccc(Cl)cc1)C(=O)N1CCN(CC(=O)Nc2ccccc2C(F)(F)F)CC1. The van der Waals surface area contributed by atoms with Crippen LogP contribution in [0, 0.1) is 0 Å². The summed E-state index contributed by atoms with van der Waals surface area (Å²) in [5.74, 6) is -0.513. The fourth-order valence-corrected chi connectivity index (χ4v) is 4.46. The zero-order valence-electron chi connectivity index (χ0n) is 17.4. The summed E-state index contributed by atoms with van der Waals surface area (Å²) >= 11 is 7.34. The number of thioether (sulfide) groups is 1. The third-order valence-electron chi connectivity index (χ3n) is 5.03. The lowest BCUT2D eigenvalue weighted by Crippen LogP contribution is -2.52. The summed E-state index contributed by atoms with van der Waals surface area (Å²) in [4.78, 5) is 29.6. The van der Waals surface area contributed by atoms with Gasteiger partial charge in [-0.2, -0.15) is 13.2 Å². The fourth-order valence-electron chi connectivity index (χ4n) is 3.38. The largest absolute Gasteiger partial charge is 0.418 e. The number of anilines is 1. The topological polar surface area (TPSA) is 52.7 Å². The number of hydrogen-bond acceptors (Lipinski definition) is 4. The van der Waals surface area contributed by atoms with Gasteiger partial charge in [-0.15, -0.1) is 11.8 Å². The first-order chi connectivity index (χ1) is 15.1. The molecule has 2 amide bonds. The van der Waals surface area contributed by atoms with Crippen molar-refractivity contribution >= 4 is 40.9 Å². The molecule has 0 aliphatic carbocycles. The average Bonchev–Trinajstić information content (AvgIpc) is 2.75. The number of halogens is 4. The van der Waals surface area contributed by atoms with E-state index in [0.29, 0.717) is 31.2 Å². The molecule has 0 bridgehead atoms. The van der Waals surface area contributed by atoms with Crippen LogP contribution in [0.5, 0.6) is 0 Å². The highest BCUT2D eigenvalue weighted by Gasteiger charge is 2.34. The Morgan fingerprint density at radius 2 is 1.69 bits per heavy atom. The molecule has 3 rings (SSSR count). The van der Waals surface area contributed by atoms with E-state index in [1.807, 2.05) is 24.0 Å². The number of benzene rings is 2. The summed E-state index contributed by atoms with van der Waals surface area (Å²) in [6.07, 6.45) is -4.55. The number of carbonyl (C=O) groups excluding carboxylic acids is 2. The van der Waals surface area contributed by atoms with Crippen molar-refractivity contribution in [1.82, 2.24) is 9.80 Å². The smallest absolute Gasteiger partial charge is 0.339 e. The molecule has 10 heteroatoms. The van der Waals surface area contributed by atoms with E-state index in [2.05, 4.69) is 5.32 Å². The van der Waals surface area contributed by atoms with Crippen LogP contribution in [0.2, 0.25) is 5.02 Å². The molecule has 1 aliphatic rings. The van der Waals surface area contributed by atoms with Gasteiger partial charge in [-0.25, -0.2) is 0 Å². The number of carbonyl (C=O) groups is 2. The molecule has 5 nitrogen and oxygen atoms in total. The molecule has 1 heterocycles. The quantitative estimate of drug-likeness (QED) is 0.606. The maximum Gasteiger partial charge on any atom is 0.418 e. The van der Waals surface area contributed by atoms with Crippen LogP contribution in [0.25, 0.3) is 0 Å². The Kier molecular flexibility index (Phi) is 8.08. The molecule has 172 valence electrons. The van der Waals surface area contributed by atoms with Crippen molar-refractivity contribution in [2.45, 2.75) is 23.2 Å². The number of nitrogens with zero attached hydrogens (tertiary/aromatic N) is 2. The molecule has 1 unspecified atom stereocenters. The van der Waals surface area contributed by atoms with Gasteiger partial charge in [-0.1, -0.05) is 23.7 Å². The minimum Gasteiger partial charge on any atom is -0.339 e. The molecule has 1 aliphatic heterocycles. The molecule has 0 saturated carbocycles. The van der Waals surface area contributed by atoms with Gasteiger partial charge in [-0.3, -0.25) is 14.5 Å². The zero-order valence-corrected chi connectivity index (χ0v) is 18.9. The first-order valence-electron chi connectivity index (χ1n) is 10.0. The Morgan fingerprint density at radius 3 is 2.31 bits per heavy atom. The third-order valence-corrected chi connectivity index (χ3v) is 6.38. The lowest BCUT2D eigenvalue weighted by Gasteiger charge is -2.35. The van der Waals surface area contributed by atoms with Crippen molar-refractivity contribution in [3.63, 3.8) is 0 Å². The van der Waals surface area contributed by atoms with Crippen LogP contribution in [-0.2, 0) is 15.8 Å². The second-order valence-electron chi connectivity index (χ2n) is 7.41. The minimum absolute atomic E-state index is 0.00755. The predicted molar refractivity (Wildman–Crippen MR) is 120 cm³/mol. The maximum absolute atomic E-state index is 13.1. The van der Waals surface area contributed by atoms with Crippen LogP contribution in [0.15, 0.2) is 53.4 Å². The summed E-state index contributed by atoms with van der Waals surface area (Å²) < 4.78 is 39.3. The number of para-hydroxylation sites is 1. The molecule has 32 heavy (non-hydrogen) atoms. The summed E-state index contributed by atoms with van der Waals surface area (Å²) in [6, 6.07) is 12.2. The van der Waals surface area contributed by atoms with Crippen LogP contribution in [-0.4, -0.2) is 59.6 Å². The lowest BCUT2D eigenvalue weighted by atomic mass is 10.1. The van der Waals surface area contributed by atoms with Crippen molar-refractivity contribution in [3.8, 4) is 0 Å². The number of hydrogen-bond donors (Lipinski definition) is 1. The van der Waals surface area contributed by atoms with Crippen molar-refractivity contribution in [3.05, 3.63) is 59.1 Å². The van der Waals surface area contributed by atoms with Crippen LogP contribution < -0.4 is 5.32 Å². The number of piperazine rings is 1. The Labute approximate surface area is 193 Å². The fraction of sp³-hybridized carbons (Fsp3) is 0.364. The van der Waals surface area contributed by atoms with Gasteiger partial charge >= 0.3 is 6.18 Å². The third kappa shape index (κ3) is 6.63. The molecule has 0 spiro atoms. The monoisotopic (exact) mass is 485 g/mol. The van der Waals surface area contributed by atoms with Crippen molar-refractivity contribution in [2.24, 2.45) is 0 Å². The molecule has 2 aromatic carbocycles. The van der Waals surface area contributed by atoms with E-state index in [9.17, 15) is 22.8 Å². The molecule has 0 radical (unpaired) electrons. The highest BCUT2D eigenvalue weighted by Crippen LogP contribution is 2.34. The van der Waals surface area contributed by atoms with E-state index >= 15 is 0 Å². The highest BCUT2D eigenvalue weighted by atomic mass is 35.5. The van der Waals surface area contributed by atoms with Gasteiger partial charge in [0.2, 0.25) is 11.8 Å². The summed E-state index contributed by atoms with van der Waals surface area (Å²) in [6.45, 7) is 3.66. The first-order valence-corrected chi connectivity index (χ1v) is 11.3. The van der Waals surface area contributed by atoms with E-state index in [1.54, 1.807) is 17.0 Å². The number of alkyl halides is 3. The van der Waals surface area contributed by atoms with Crippen LogP contribution in [0.1, 0.15) is 12.5 Å². The number of nitrogens with one attached hydrogen (secondary N) is 1. The van der Waals surface area contributed by atoms with E-state index in [-0.39, 0.29) is 23.4 Å². The van der Waals surface area contributed by atoms with E-state index in [0.717, 1.165) is 11.0 Å². The highest BCUT2D eigenvalue weighted by molar-refractivity contribution is 8.00. The molecular formula is C22H23ClF3N3O2S. The lowest BCUT2D eigenvalue weighted by molar-refractivity contribution is -0.137. The van der Waals surface area contributed by atoms with E-state index in [4.69, 9.17) is 11.6 Å². The van der Waals surface area contributed by atoms with Gasteiger partial charge in [0, 0.05) is 36.1 Å². The Hall–Kier alpha value is -2.23.